The largest absolute Gasteiger partial charge is 0.343 e. The van der Waals surface area contributed by atoms with Gasteiger partial charge in [0.05, 0.1) is 0 Å². The molecular weight excluding hydrogens is 174 g/mol. The highest BCUT2D eigenvalue weighted by Gasteiger charge is 2.32. The third kappa shape index (κ3) is 2.49. The maximum Gasteiger partial charge on any atom is 0.219 e. The van der Waals surface area contributed by atoms with Crippen LogP contribution in [0, 0.1) is 11.3 Å². The Morgan fingerprint density at radius 1 is 1.50 bits per heavy atom. The lowest BCUT2D eigenvalue weighted by Gasteiger charge is -2.41. The second-order valence-corrected chi connectivity index (χ2v) is 5.15. The summed E-state index contributed by atoms with van der Waals surface area (Å²) in [5, 5.41) is 0. The van der Waals surface area contributed by atoms with Gasteiger partial charge in [-0.3, -0.25) is 4.79 Å². The zero-order valence-electron chi connectivity index (χ0n) is 9.97. The summed E-state index contributed by atoms with van der Waals surface area (Å²) < 4.78 is 0. The quantitative estimate of drug-likeness (QED) is 0.666. The van der Waals surface area contributed by atoms with Crippen molar-refractivity contribution in [2.24, 2.45) is 11.3 Å². The Kier molecular flexibility index (Phi) is 3.57. The van der Waals surface area contributed by atoms with E-state index in [2.05, 4.69) is 20.8 Å². The molecule has 0 aromatic rings. The number of nitrogens with zero attached hydrogens (tertiary/aromatic N) is 1. The van der Waals surface area contributed by atoms with Crippen LogP contribution in [0.1, 0.15) is 47.0 Å². The number of carbonyl (C=O) groups is 1. The van der Waals surface area contributed by atoms with Crippen LogP contribution >= 0.6 is 0 Å². The first-order valence-corrected chi connectivity index (χ1v) is 5.73. The van der Waals surface area contributed by atoms with Gasteiger partial charge in [0.15, 0.2) is 0 Å². The highest BCUT2D eigenvalue weighted by atomic mass is 16.2. The molecule has 1 saturated heterocycles. The summed E-state index contributed by atoms with van der Waals surface area (Å²) in [6, 6.07) is 0. The Morgan fingerprint density at radius 2 is 2.14 bits per heavy atom. The summed E-state index contributed by atoms with van der Waals surface area (Å²) in [5.41, 5.74) is 0.383. The lowest BCUT2D eigenvalue weighted by Crippen LogP contribution is -2.43. The number of amides is 1. The van der Waals surface area contributed by atoms with Crippen LogP contribution < -0.4 is 0 Å². The first-order valence-electron chi connectivity index (χ1n) is 5.73. The van der Waals surface area contributed by atoms with Crippen molar-refractivity contribution in [2.75, 3.05) is 13.1 Å². The van der Waals surface area contributed by atoms with Gasteiger partial charge in [-0.2, -0.15) is 0 Å². The topological polar surface area (TPSA) is 20.3 Å². The zero-order chi connectivity index (χ0) is 10.8. The summed E-state index contributed by atoms with van der Waals surface area (Å²) >= 11 is 0. The molecule has 2 heteroatoms. The summed E-state index contributed by atoms with van der Waals surface area (Å²) in [6.07, 6.45) is 3.65. The lowest BCUT2D eigenvalue weighted by molar-refractivity contribution is -0.131. The molecule has 0 N–H and O–H groups in total. The minimum Gasteiger partial charge on any atom is -0.343 e. The molecule has 1 aliphatic rings. The Hall–Kier alpha value is -0.530. The first-order chi connectivity index (χ1) is 6.47. The lowest BCUT2D eigenvalue weighted by atomic mass is 9.73. The highest BCUT2D eigenvalue weighted by Crippen LogP contribution is 2.36. The van der Waals surface area contributed by atoms with E-state index in [1.165, 1.54) is 19.3 Å². The van der Waals surface area contributed by atoms with Gasteiger partial charge in [-0.25, -0.2) is 0 Å². The number of piperidine rings is 1. The normalized spacial score (nSPS) is 23.7. The van der Waals surface area contributed by atoms with E-state index in [4.69, 9.17) is 0 Å². The van der Waals surface area contributed by atoms with Gasteiger partial charge < -0.3 is 4.90 Å². The second kappa shape index (κ2) is 4.33. The van der Waals surface area contributed by atoms with E-state index in [1.807, 2.05) is 4.90 Å². The molecule has 0 radical (unpaired) electrons. The van der Waals surface area contributed by atoms with Crippen LogP contribution in [-0.2, 0) is 4.79 Å². The number of carbonyl (C=O) groups excluding carboxylic acids is 1. The number of hydrogen-bond donors (Lipinski definition) is 0. The fourth-order valence-corrected chi connectivity index (χ4v) is 2.19. The van der Waals surface area contributed by atoms with Crippen molar-refractivity contribution < 1.29 is 4.79 Å². The SMILES string of the molecule is CCC(C)(C)C1CCCN(C(C)=O)C1. The molecule has 1 fully saturated rings. The van der Waals surface area contributed by atoms with E-state index in [-0.39, 0.29) is 5.91 Å². The van der Waals surface area contributed by atoms with Crippen LogP contribution in [0.5, 0.6) is 0 Å². The molecule has 14 heavy (non-hydrogen) atoms. The Morgan fingerprint density at radius 3 is 2.64 bits per heavy atom. The van der Waals surface area contributed by atoms with Crippen LogP contribution in [0.25, 0.3) is 0 Å². The third-order valence-electron chi connectivity index (χ3n) is 3.88. The molecule has 0 spiro atoms. The summed E-state index contributed by atoms with van der Waals surface area (Å²) in [7, 11) is 0. The standard InChI is InChI=1S/C12H23NO/c1-5-12(3,4)11-7-6-8-13(9-11)10(2)14/h11H,5-9H2,1-4H3. The summed E-state index contributed by atoms with van der Waals surface area (Å²) in [4.78, 5) is 13.3. The third-order valence-corrected chi connectivity index (χ3v) is 3.88. The molecule has 0 aliphatic carbocycles. The maximum absolute atomic E-state index is 11.3. The molecule has 0 aromatic carbocycles. The zero-order valence-corrected chi connectivity index (χ0v) is 9.97. The Bertz CT molecular complexity index is 210. The molecule has 1 unspecified atom stereocenters. The summed E-state index contributed by atoms with van der Waals surface area (Å²) in [6.45, 7) is 10.5. The minimum atomic E-state index is 0.238. The molecule has 1 atom stereocenters. The van der Waals surface area contributed by atoms with Gasteiger partial charge >= 0.3 is 0 Å². The Balaban J connectivity index is 2.60. The molecule has 2 nitrogen and oxygen atoms in total. The maximum atomic E-state index is 11.3. The van der Waals surface area contributed by atoms with Crippen molar-refractivity contribution in [3.05, 3.63) is 0 Å². The van der Waals surface area contributed by atoms with Crippen molar-refractivity contribution in [3.63, 3.8) is 0 Å². The van der Waals surface area contributed by atoms with Gasteiger partial charge in [-0.1, -0.05) is 27.2 Å². The molecule has 0 bridgehead atoms. The van der Waals surface area contributed by atoms with Gasteiger partial charge in [-0.05, 0) is 24.2 Å². The van der Waals surface area contributed by atoms with Crippen molar-refractivity contribution in [3.8, 4) is 0 Å². The average molecular weight is 197 g/mol. The van der Waals surface area contributed by atoms with Crippen molar-refractivity contribution in [2.45, 2.75) is 47.0 Å². The van der Waals surface area contributed by atoms with Crippen LogP contribution in [-0.4, -0.2) is 23.9 Å². The van der Waals surface area contributed by atoms with Crippen molar-refractivity contribution in [1.29, 1.82) is 0 Å². The molecule has 1 aliphatic heterocycles. The predicted octanol–water partition coefficient (Wildman–Crippen LogP) is 2.68. The number of likely N-dealkylation sites (tertiary alicyclic amines) is 1. The highest BCUT2D eigenvalue weighted by molar-refractivity contribution is 5.73. The van der Waals surface area contributed by atoms with E-state index in [0.717, 1.165) is 13.1 Å². The summed E-state index contributed by atoms with van der Waals surface area (Å²) in [5.74, 6) is 0.923. The van der Waals surface area contributed by atoms with E-state index in [1.54, 1.807) is 6.92 Å². The van der Waals surface area contributed by atoms with E-state index in [0.29, 0.717) is 11.3 Å². The van der Waals surface area contributed by atoms with Gasteiger partial charge in [0, 0.05) is 20.0 Å². The average Bonchev–Trinajstić information content (AvgIpc) is 2.18. The van der Waals surface area contributed by atoms with Crippen LogP contribution in [0.4, 0.5) is 0 Å². The van der Waals surface area contributed by atoms with E-state index in [9.17, 15) is 4.79 Å². The van der Waals surface area contributed by atoms with Gasteiger partial charge in [0.25, 0.3) is 0 Å². The van der Waals surface area contributed by atoms with Crippen LogP contribution in [0.2, 0.25) is 0 Å². The Labute approximate surface area is 87.7 Å². The minimum absolute atomic E-state index is 0.238. The monoisotopic (exact) mass is 197 g/mol. The first kappa shape index (κ1) is 11.5. The van der Waals surface area contributed by atoms with Crippen molar-refractivity contribution >= 4 is 5.91 Å². The second-order valence-electron chi connectivity index (χ2n) is 5.15. The fraction of sp³-hybridized carbons (Fsp3) is 0.917. The smallest absolute Gasteiger partial charge is 0.219 e. The van der Waals surface area contributed by atoms with Gasteiger partial charge in [0.1, 0.15) is 0 Å². The van der Waals surface area contributed by atoms with Gasteiger partial charge in [0.2, 0.25) is 5.91 Å². The predicted molar refractivity (Wildman–Crippen MR) is 59.1 cm³/mol. The molecule has 82 valence electrons. The molecular formula is C12H23NO. The molecule has 0 saturated carbocycles. The molecule has 0 aromatic heterocycles. The van der Waals surface area contributed by atoms with E-state index >= 15 is 0 Å². The number of hydrogen-bond acceptors (Lipinski definition) is 1. The van der Waals surface area contributed by atoms with Crippen LogP contribution in [0.3, 0.4) is 0 Å². The number of rotatable bonds is 2. The van der Waals surface area contributed by atoms with Crippen molar-refractivity contribution in [1.82, 2.24) is 4.90 Å². The molecule has 1 amide bonds. The molecule has 1 rings (SSSR count). The molecule has 1 heterocycles. The fourth-order valence-electron chi connectivity index (χ4n) is 2.19. The van der Waals surface area contributed by atoms with Crippen LogP contribution in [0.15, 0.2) is 0 Å². The van der Waals surface area contributed by atoms with Gasteiger partial charge in [-0.15, -0.1) is 0 Å². The van der Waals surface area contributed by atoms with E-state index < -0.39 is 0 Å².